The van der Waals surface area contributed by atoms with Crippen LogP contribution in [0.1, 0.15) is 46.1 Å². The van der Waals surface area contributed by atoms with Crippen LogP contribution in [-0.2, 0) is 4.74 Å². The highest BCUT2D eigenvalue weighted by Crippen LogP contribution is 2.32. The number of para-hydroxylation sites is 1. The van der Waals surface area contributed by atoms with E-state index in [1.165, 1.54) is 0 Å². The number of amides is 1. The molecule has 1 aliphatic heterocycles. The molecule has 0 bridgehead atoms. The predicted molar refractivity (Wildman–Crippen MR) is 91.8 cm³/mol. The topological polar surface area (TPSA) is 38.8 Å². The van der Waals surface area contributed by atoms with Gasteiger partial charge < -0.3 is 14.4 Å². The van der Waals surface area contributed by atoms with Crippen molar-refractivity contribution in [3.05, 3.63) is 29.8 Å². The summed E-state index contributed by atoms with van der Waals surface area (Å²) < 4.78 is 11.5. The van der Waals surface area contributed by atoms with Crippen molar-refractivity contribution in [1.82, 2.24) is 4.90 Å². The second kappa shape index (κ2) is 6.81. The molecule has 0 aromatic heterocycles. The van der Waals surface area contributed by atoms with E-state index in [0.29, 0.717) is 6.61 Å². The van der Waals surface area contributed by atoms with Crippen LogP contribution in [0.4, 0.5) is 4.79 Å². The number of hydrogen-bond donors (Lipinski definition) is 0. The number of piperidine rings is 1. The van der Waals surface area contributed by atoms with Gasteiger partial charge in [-0.2, -0.15) is 0 Å². The van der Waals surface area contributed by atoms with Gasteiger partial charge in [0.05, 0.1) is 6.61 Å². The number of rotatable bonds is 3. The fraction of sp³-hybridized carbons (Fsp3) is 0.632. The maximum atomic E-state index is 12.1. The summed E-state index contributed by atoms with van der Waals surface area (Å²) in [5.41, 5.74) is 0.814. The monoisotopic (exact) mass is 319 g/mol. The van der Waals surface area contributed by atoms with Crippen LogP contribution in [0.5, 0.6) is 5.75 Å². The van der Waals surface area contributed by atoms with E-state index in [1.807, 2.05) is 39.0 Å². The number of hydrogen-bond acceptors (Lipinski definition) is 3. The molecule has 1 aliphatic rings. The van der Waals surface area contributed by atoms with Crippen LogP contribution in [0.15, 0.2) is 24.3 Å². The fourth-order valence-electron chi connectivity index (χ4n) is 2.67. The van der Waals surface area contributed by atoms with E-state index in [2.05, 4.69) is 19.9 Å². The summed E-state index contributed by atoms with van der Waals surface area (Å²) in [5.74, 6) is 0.947. The van der Waals surface area contributed by atoms with Crippen molar-refractivity contribution in [3.63, 3.8) is 0 Å². The van der Waals surface area contributed by atoms with Gasteiger partial charge in [-0.3, -0.25) is 0 Å². The van der Waals surface area contributed by atoms with Gasteiger partial charge in [0, 0.05) is 18.5 Å². The lowest BCUT2D eigenvalue weighted by Crippen LogP contribution is -2.46. The molecule has 1 fully saturated rings. The smallest absolute Gasteiger partial charge is 0.410 e. The average Bonchev–Trinajstić information content (AvgIpc) is 2.45. The molecular formula is C19H29NO3. The third-order valence-electron chi connectivity index (χ3n) is 4.29. The molecule has 0 N–H and O–H groups in total. The Kier molecular flexibility index (Phi) is 5.23. The first kappa shape index (κ1) is 17.6. The Hall–Kier alpha value is -1.71. The highest BCUT2D eigenvalue weighted by Gasteiger charge is 2.34. The van der Waals surface area contributed by atoms with Crippen LogP contribution in [0.2, 0.25) is 0 Å². The summed E-state index contributed by atoms with van der Waals surface area (Å²) in [6.45, 7) is 12.1. The van der Waals surface area contributed by atoms with Gasteiger partial charge in [-0.05, 0) is 52.2 Å². The van der Waals surface area contributed by atoms with Crippen molar-refractivity contribution >= 4 is 6.09 Å². The van der Waals surface area contributed by atoms with Crippen LogP contribution in [0.25, 0.3) is 0 Å². The molecule has 1 amide bonds. The van der Waals surface area contributed by atoms with E-state index in [9.17, 15) is 4.79 Å². The Balaban J connectivity index is 1.85. The minimum atomic E-state index is -0.439. The van der Waals surface area contributed by atoms with Crippen molar-refractivity contribution in [2.75, 3.05) is 19.7 Å². The maximum Gasteiger partial charge on any atom is 0.410 e. The van der Waals surface area contributed by atoms with E-state index in [1.54, 1.807) is 4.90 Å². The highest BCUT2D eigenvalue weighted by molar-refractivity contribution is 5.68. The zero-order valence-electron chi connectivity index (χ0n) is 15.0. The summed E-state index contributed by atoms with van der Waals surface area (Å²) in [6, 6.07) is 8.08. The first-order valence-electron chi connectivity index (χ1n) is 8.35. The van der Waals surface area contributed by atoms with Crippen molar-refractivity contribution in [3.8, 4) is 5.75 Å². The first-order chi connectivity index (χ1) is 10.7. The van der Waals surface area contributed by atoms with Gasteiger partial charge >= 0.3 is 6.09 Å². The average molecular weight is 319 g/mol. The van der Waals surface area contributed by atoms with Crippen LogP contribution in [0, 0.1) is 12.3 Å². The van der Waals surface area contributed by atoms with Crippen LogP contribution in [-0.4, -0.2) is 36.3 Å². The largest absolute Gasteiger partial charge is 0.493 e. The molecular weight excluding hydrogens is 290 g/mol. The minimum absolute atomic E-state index is 0.0980. The van der Waals surface area contributed by atoms with Crippen LogP contribution < -0.4 is 4.74 Å². The van der Waals surface area contributed by atoms with Crippen molar-refractivity contribution < 1.29 is 14.3 Å². The molecule has 0 unspecified atom stereocenters. The summed E-state index contributed by atoms with van der Waals surface area (Å²) in [7, 11) is 0. The Morgan fingerprint density at radius 2 is 1.83 bits per heavy atom. The summed E-state index contributed by atoms with van der Waals surface area (Å²) in [4.78, 5) is 13.9. The Morgan fingerprint density at radius 1 is 1.22 bits per heavy atom. The number of carbonyl (C=O) groups excluding carboxylic acids is 1. The first-order valence-corrected chi connectivity index (χ1v) is 8.35. The van der Waals surface area contributed by atoms with E-state index in [-0.39, 0.29) is 11.5 Å². The number of nitrogens with zero attached hydrogens (tertiary/aromatic N) is 1. The lowest BCUT2D eigenvalue weighted by atomic mass is 9.81. The third kappa shape index (κ3) is 5.15. The van der Waals surface area contributed by atoms with E-state index in [0.717, 1.165) is 37.2 Å². The summed E-state index contributed by atoms with van der Waals surface area (Å²) in [5, 5.41) is 0. The molecule has 0 spiro atoms. The van der Waals surface area contributed by atoms with Crippen LogP contribution in [0.3, 0.4) is 0 Å². The van der Waals surface area contributed by atoms with Gasteiger partial charge in [-0.25, -0.2) is 4.79 Å². The van der Waals surface area contributed by atoms with Gasteiger partial charge in [0.15, 0.2) is 0 Å². The SMILES string of the molecule is Cc1ccccc1OCC1(C)CCN(C(=O)OC(C)(C)C)CC1. The second-order valence-corrected chi connectivity index (χ2v) is 7.83. The molecule has 0 aliphatic carbocycles. The Labute approximate surface area is 139 Å². The van der Waals surface area contributed by atoms with E-state index < -0.39 is 5.60 Å². The number of aryl methyl sites for hydroxylation is 1. The number of benzene rings is 1. The molecule has 0 radical (unpaired) electrons. The summed E-state index contributed by atoms with van der Waals surface area (Å²) in [6.07, 6.45) is 1.65. The summed E-state index contributed by atoms with van der Waals surface area (Å²) >= 11 is 0. The molecule has 1 heterocycles. The predicted octanol–water partition coefficient (Wildman–Crippen LogP) is 4.41. The molecule has 1 aromatic rings. The molecule has 0 saturated carbocycles. The van der Waals surface area contributed by atoms with Crippen molar-refractivity contribution in [2.45, 2.75) is 53.1 Å². The molecule has 4 heteroatoms. The highest BCUT2D eigenvalue weighted by atomic mass is 16.6. The fourth-order valence-corrected chi connectivity index (χ4v) is 2.67. The van der Waals surface area contributed by atoms with Gasteiger partial charge in [0.1, 0.15) is 11.4 Å². The zero-order valence-corrected chi connectivity index (χ0v) is 15.0. The van der Waals surface area contributed by atoms with Crippen molar-refractivity contribution in [2.24, 2.45) is 5.41 Å². The molecule has 0 atom stereocenters. The number of likely N-dealkylation sites (tertiary alicyclic amines) is 1. The van der Waals surface area contributed by atoms with Gasteiger partial charge in [0.25, 0.3) is 0 Å². The molecule has 4 nitrogen and oxygen atoms in total. The minimum Gasteiger partial charge on any atom is -0.493 e. The quantitative estimate of drug-likeness (QED) is 0.828. The van der Waals surface area contributed by atoms with E-state index in [4.69, 9.17) is 9.47 Å². The van der Waals surface area contributed by atoms with E-state index >= 15 is 0 Å². The standard InChI is InChI=1S/C19H29NO3/c1-15-8-6-7-9-16(15)22-14-19(5)10-12-20(13-11-19)17(21)23-18(2,3)4/h6-9H,10-14H2,1-5H3. The maximum absolute atomic E-state index is 12.1. The molecule has 1 saturated heterocycles. The molecule has 23 heavy (non-hydrogen) atoms. The van der Waals surface area contributed by atoms with Gasteiger partial charge in [-0.15, -0.1) is 0 Å². The number of ether oxygens (including phenoxy) is 2. The van der Waals surface area contributed by atoms with Gasteiger partial charge in [0.2, 0.25) is 0 Å². The lowest BCUT2D eigenvalue weighted by molar-refractivity contribution is 0.00591. The third-order valence-corrected chi connectivity index (χ3v) is 4.29. The van der Waals surface area contributed by atoms with Crippen LogP contribution >= 0.6 is 0 Å². The number of carbonyl (C=O) groups is 1. The zero-order chi connectivity index (χ0) is 17.1. The molecule has 2 rings (SSSR count). The molecule has 128 valence electrons. The van der Waals surface area contributed by atoms with Crippen molar-refractivity contribution in [1.29, 1.82) is 0 Å². The normalized spacial score (nSPS) is 17.7. The Morgan fingerprint density at radius 3 is 2.39 bits per heavy atom. The Bertz CT molecular complexity index is 540. The molecule has 1 aromatic carbocycles. The lowest BCUT2D eigenvalue weighted by Gasteiger charge is -2.39. The van der Waals surface area contributed by atoms with Gasteiger partial charge in [-0.1, -0.05) is 25.1 Å². The second-order valence-electron chi connectivity index (χ2n) is 7.83.